The molecule has 1 rings (SSSR count). The summed E-state index contributed by atoms with van der Waals surface area (Å²) in [5.41, 5.74) is 0. The first-order chi connectivity index (χ1) is 5.74. The highest BCUT2D eigenvalue weighted by Gasteiger charge is 2.35. The molecule has 0 heterocycles. The van der Waals surface area contributed by atoms with Crippen molar-refractivity contribution in [2.75, 3.05) is 13.1 Å². The zero-order valence-corrected chi connectivity index (χ0v) is 8.77. The predicted molar refractivity (Wildman–Crippen MR) is 54.2 cm³/mol. The second-order valence-electron chi connectivity index (χ2n) is 4.53. The zero-order valence-electron chi connectivity index (χ0n) is 8.77. The third-order valence-corrected chi connectivity index (χ3v) is 2.79. The van der Waals surface area contributed by atoms with Gasteiger partial charge in [-0.05, 0) is 50.1 Å². The molecule has 0 spiro atoms. The Kier molecular flexibility index (Phi) is 4.07. The van der Waals surface area contributed by atoms with E-state index in [-0.39, 0.29) is 0 Å². The molecule has 1 unspecified atom stereocenters. The van der Waals surface area contributed by atoms with Crippen molar-refractivity contribution in [1.82, 2.24) is 5.32 Å². The summed E-state index contributed by atoms with van der Waals surface area (Å²) in [5, 5.41) is 3.39. The fourth-order valence-corrected chi connectivity index (χ4v) is 2.02. The maximum absolute atomic E-state index is 3.39. The summed E-state index contributed by atoms with van der Waals surface area (Å²) in [7, 11) is 0. The van der Waals surface area contributed by atoms with E-state index < -0.39 is 0 Å². The Hall–Kier alpha value is -0.0400. The van der Waals surface area contributed by atoms with Crippen molar-refractivity contribution in [3.05, 3.63) is 0 Å². The predicted octanol–water partition coefficient (Wildman–Crippen LogP) is 2.67. The molecule has 1 fully saturated rings. The minimum Gasteiger partial charge on any atom is -0.317 e. The van der Waals surface area contributed by atoms with Crippen LogP contribution in [0.4, 0.5) is 0 Å². The topological polar surface area (TPSA) is 12.0 Å². The zero-order chi connectivity index (χ0) is 8.97. The van der Waals surface area contributed by atoms with E-state index in [0.717, 1.165) is 24.3 Å². The second kappa shape index (κ2) is 4.86. The van der Waals surface area contributed by atoms with Gasteiger partial charge in [-0.2, -0.15) is 0 Å². The van der Waals surface area contributed by atoms with Gasteiger partial charge in [-0.15, -0.1) is 0 Å². The fourth-order valence-electron chi connectivity index (χ4n) is 2.02. The smallest absolute Gasteiger partial charge is 0.00463 e. The Morgan fingerprint density at radius 3 is 2.67 bits per heavy atom. The molecule has 2 atom stereocenters. The molecule has 0 aromatic rings. The molecule has 0 aliphatic heterocycles. The van der Waals surface area contributed by atoms with Crippen LogP contribution in [0.2, 0.25) is 0 Å². The summed E-state index contributed by atoms with van der Waals surface area (Å²) < 4.78 is 0. The molecule has 0 amide bonds. The molecule has 1 aliphatic rings. The van der Waals surface area contributed by atoms with Crippen molar-refractivity contribution in [2.24, 2.45) is 17.8 Å². The lowest BCUT2D eigenvalue weighted by molar-refractivity contribution is 0.496. The van der Waals surface area contributed by atoms with Crippen LogP contribution in [0.1, 0.15) is 40.0 Å². The van der Waals surface area contributed by atoms with E-state index in [2.05, 4.69) is 26.1 Å². The van der Waals surface area contributed by atoms with Gasteiger partial charge in [0.2, 0.25) is 0 Å². The van der Waals surface area contributed by atoms with Crippen molar-refractivity contribution in [1.29, 1.82) is 0 Å². The summed E-state index contributed by atoms with van der Waals surface area (Å²) in [4.78, 5) is 0. The van der Waals surface area contributed by atoms with Crippen LogP contribution < -0.4 is 5.32 Å². The molecule has 72 valence electrons. The van der Waals surface area contributed by atoms with Gasteiger partial charge in [0.05, 0.1) is 0 Å². The van der Waals surface area contributed by atoms with Crippen molar-refractivity contribution in [3.63, 3.8) is 0 Å². The fraction of sp³-hybridized carbons (Fsp3) is 1.00. The lowest BCUT2D eigenvalue weighted by Crippen LogP contribution is -2.14. The summed E-state index contributed by atoms with van der Waals surface area (Å²) in [5.74, 6) is 3.04. The molecule has 1 aliphatic carbocycles. The second-order valence-corrected chi connectivity index (χ2v) is 4.53. The molecular formula is C11H23N. The van der Waals surface area contributed by atoms with Crippen LogP contribution in [0.3, 0.4) is 0 Å². The molecule has 0 bridgehead atoms. The minimum absolute atomic E-state index is 0.902. The Morgan fingerprint density at radius 1 is 1.33 bits per heavy atom. The highest BCUT2D eigenvalue weighted by Crippen LogP contribution is 2.45. The van der Waals surface area contributed by atoms with E-state index in [1.165, 1.54) is 25.8 Å². The van der Waals surface area contributed by atoms with Crippen molar-refractivity contribution < 1.29 is 0 Å². The van der Waals surface area contributed by atoms with Gasteiger partial charge in [0.15, 0.2) is 0 Å². The molecule has 0 saturated heterocycles. The van der Waals surface area contributed by atoms with Crippen molar-refractivity contribution in [2.45, 2.75) is 40.0 Å². The monoisotopic (exact) mass is 169 g/mol. The number of rotatable bonds is 6. The molecule has 0 aromatic carbocycles. The molecule has 1 saturated carbocycles. The van der Waals surface area contributed by atoms with E-state index in [4.69, 9.17) is 0 Å². The van der Waals surface area contributed by atoms with Gasteiger partial charge < -0.3 is 5.32 Å². The Morgan fingerprint density at radius 2 is 2.08 bits per heavy atom. The third-order valence-electron chi connectivity index (χ3n) is 2.79. The summed E-state index contributed by atoms with van der Waals surface area (Å²) in [6, 6.07) is 0. The highest BCUT2D eigenvalue weighted by molar-refractivity contribution is 4.86. The van der Waals surface area contributed by atoms with E-state index in [0.29, 0.717) is 0 Å². The standard InChI is InChI=1S/C11H23N/c1-4-12-6-5-10-8-11(10)7-9(2)3/h9-12H,4-8H2,1-3H3/t10?,11-/m0/s1. The number of nitrogens with one attached hydrogen (secondary N) is 1. The van der Waals surface area contributed by atoms with E-state index in [1.807, 2.05) is 0 Å². The molecule has 1 heteroatoms. The first-order valence-corrected chi connectivity index (χ1v) is 5.44. The molecule has 0 aromatic heterocycles. The first-order valence-electron chi connectivity index (χ1n) is 5.44. The van der Waals surface area contributed by atoms with Crippen molar-refractivity contribution >= 4 is 0 Å². The minimum atomic E-state index is 0.902. The Labute approximate surface area is 76.9 Å². The third kappa shape index (κ3) is 3.57. The average molecular weight is 169 g/mol. The maximum Gasteiger partial charge on any atom is -0.00463 e. The maximum atomic E-state index is 3.39. The van der Waals surface area contributed by atoms with Crippen LogP contribution in [0, 0.1) is 17.8 Å². The largest absolute Gasteiger partial charge is 0.317 e. The summed E-state index contributed by atoms with van der Waals surface area (Å²) in [6.45, 7) is 9.20. The average Bonchev–Trinajstić information content (AvgIpc) is 2.67. The van der Waals surface area contributed by atoms with E-state index in [1.54, 1.807) is 0 Å². The highest BCUT2D eigenvalue weighted by atomic mass is 14.8. The van der Waals surface area contributed by atoms with Gasteiger partial charge >= 0.3 is 0 Å². The molecule has 12 heavy (non-hydrogen) atoms. The molecule has 1 N–H and O–H groups in total. The van der Waals surface area contributed by atoms with Crippen LogP contribution in [-0.2, 0) is 0 Å². The molecular weight excluding hydrogens is 146 g/mol. The summed E-state index contributed by atoms with van der Waals surface area (Å²) >= 11 is 0. The normalized spacial score (nSPS) is 28.0. The van der Waals surface area contributed by atoms with Gasteiger partial charge in [-0.25, -0.2) is 0 Å². The van der Waals surface area contributed by atoms with Crippen LogP contribution in [0.25, 0.3) is 0 Å². The number of hydrogen-bond donors (Lipinski definition) is 1. The molecule has 0 radical (unpaired) electrons. The number of hydrogen-bond acceptors (Lipinski definition) is 1. The van der Waals surface area contributed by atoms with Gasteiger partial charge in [0.1, 0.15) is 0 Å². The van der Waals surface area contributed by atoms with E-state index in [9.17, 15) is 0 Å². The van der Waals surface area contributed by atoms with Crippen molar-refractivity contribution in [3.8, 4) is 0 Å². The molecule has 1 nitrogen and oxygen atoms in total. The first kappa shape index (κ1) is 10.0. The Balaban J connectivity index is 1.93. The van der Waals surface area contributed by atoms with Crippen LogP contribution >= 0.6 is 0 Å². The van der Waals surface area contributed by atoms with Gasteiger partial charge in [-0.3, -0.25) is 0 Å². The quantitative estimate of drug-likeness (QED) is 0.603. The van der Waals surface area contributed by atoms with Gasteiger partial charge in [0.25, 0.3) is 0 Å². The van der Waals surface area contributed by atoms with Crippen LogP contribution in [-0.4, -0.2) is 13.1 Å². The van der Waals surface area contributed by atoms with Crippen LogP contribution in [0.5, 0.6) is 0 Å². The van der Waals surface area contributed by atoms with Gasteiger partial charge in [-0.1, -0.05) is 20.8 Å². The van der Waals surface area contributed by atoms with Crippen LogP contribution in [0.15, 0.2) is 0 Å². The summed E-state index contributed by atoms with van der Waals surface area (Å²) in [6.07, 6.45) is 4.37. The lowest BCUT2D eigenvalue weighted by Gasteiger charge is -2.03. The SMILES string of the molecule is CCNCCC1C[C@@H]1CC(C)C. The lowest BCUT2D eigenvalue weighted by atomic mass is 10.1. The van der Waals surface area contributed by atoms with Gasteiger partial charge in [0, 0.05) is 0 Å². The Bertz CT molecular complexity index is 120. The van der Waals surface area contributed by atoms with E-state index >= 15 is 0 Å².